The first kappa shape index (κ1) is 16.2. The number of fused-ring (bicyclic) bond motifs is 1. The highest BCUT2D eigenvalue weighted by Gasteiger charge is 2.18. The standard InChI is InChI=1S/C18H12FN3O3S/c1-10-20-17-15(13(9-26-17)14-3-2-8-25-14)18(24)22(10)21-16(23)11-4-6-12(19)7-5-11/h2-9H,1H3,(H,21,23). The van der Waals surface area contributed by atoms with Gasteiger partial charge in [0.15, 0.2) is 0 Å². The van der Waals surface area contributed by atoms with Crippen molar-refractivity contribution < 1.29 is 13.6 Å². The normalized spacial score (nSPS) is 11.0. The second kappa shape index (κ2) is 6.23. The van der Waals surface area contributed by atoms with E-state index in [4.69, 9.17) is 4.42 Å². The molecule has 3 aromatic heterocycles. The van der Waals surface area contributed by atoms with Gasteiger partial charge < -0.3 is 4.42 Å². The fourth-order valence-corrected chi connectivity index (χ4v) is 3.57. The van der Waals surface area contributed by atoms with Gasteiger partial charge in [-0.1, -0.05) is 0 Å². The van der Waals surface area contributed by atoms with E-state index in [0.717, 1.165) is 4.68 Å². The first-order valence-electron chi connectivity index (χ1n) is 7.66. The first-order chi connectivity index (χ1) is 12.5. The van der Waals surface area contributed by atoms with Crippen molar-refractivity contribution in [3.63, 3.8) is 0 Å². The lowest BCUT2D eigenvalue weighted by Crippen LogP contribution is -2.35. The number of nitrogens with zero attached hydrogens (tertiary/aromatic N) is 2. The van der Waals surface area contributed by atoms with E-state index in [1.807, 2.05) is 0 Å². The van der Waals surface area contributed by atoms with Crippen molar-refractivity contribution in [3.05, 3.63) is 75.6 Å². The topological polar surface area (TPSA) is 77.1 Å². The molecule has 0 aliphatic carbocycles. The fraction of sp³-hybridized carbons (Fsp3) is 0.0556. The molecule has 3 heterocycles. The number of benzene rings is 1. The van der Waals surface area contributed by atoms with Crippen molar-refractivity contribution in [1.29, 1.82) is 0 Å². The molecule has 130 valence electrons. The average molecular weight is 369 g/mol. The Morgan fingerprint density at radius 1 is 1.27 bits per heavy atom. The number of thiophene rings is 1. The molecule has 0 aliphatic heterocycles. The monoisotopic (exact) mass is 369 g/mol. The minimum Gasteiger partial charge on any atom is -0.464 e. The highest BCUT2D eigenvalue weighted by molar-refractivity contribution is 7.17. The van der Waals surface area contributed by atoms with E-state index in [9.17, 15) is 14.0 Å². The predicted octanol–water partition coefficient (Wildman–Crippen LogP) is 3.55. The fourth-order valence-electron chi connectivity index (χ4n) is 2.60. The zero-order chi connectivity index (χ0) is 18.3. The number of rotatable bonds is 3. The summed E-state index contributed by atoms with van der Waals surface area (Å²) in [6.07, 6.45) is 1.52. The second-order valence-electron chi connectivity index (χ2n) is 5.55. The zero-order valence-electron chi connectivity index (χ0n) is 13.5. The van der Waals surface area contributed by atoms with E-state index in [1.54, 1.807) is 24.4 Å². The number of carbonyl (C=O) groups excluding carboxylic acids is 1. The number of furan rings is 1. The molecular formula is C18H12FN3O3S. The summed E-state index contributed by atoms with van der Waals surface area (Å²) < 4.78 is 19.5. The summed E-state index contributed by atoms with van der Waals surface area (Å²) in [5, 5.41) is 2.17. The van der Waals surface area contributed by atoms with Crippen LogP contribution in [0, 0.1) is 12.7 Å². The Morgan fingerprint density at radius 2 is 2.04 bits per heavy atom. The van der Waals surface area contributed by atoms with Crippen molar-refractivity contribution in [2.45, 2.75) is 6.92 Å². The molecule has 1 N–H and O–H groups in total. The van der Waals surface area contributed by atoms with Crippen LogP contribution in [0.15, 0.2) is 57.3 Å². The number of amides is 1. The lowest BCUT2D eigenvalue weighted by atomic mass is 10.2. The number of aryl methyl sites for hydroxylation is 1. The van der Waals surface area contributed by atoms with Gasteiger partial charge in [-0.15, -0.1) is 11.3 Å². The minimum absolute atomic E-state index is 0.231. The second-order valence-corrected chi connectivity index (χ2v) is 6.41. The van der Waals surface area contributed by atoms with Gasteiger partial charge in [0.05, 0.1) is 11.6 Å². The maximum atomic E-state index is 13.0. The van der Waals surface area contributed by atoms with Gasteiger partial charge in [-0.05, 0) is 43.3 Å². The van der Waals surface area contributed by atoms with Gasteiger partial charge in [-0.3, -0.25) is 15.0 Å². The molecule has 0 saturated carbocycles. The summed E-state index contributed by atoms with van der Waals surface area (Å²) in [6, 6.07) is 8.53. The van der Waals surface area contributed by atoms with Gasteiger partial charge >= 0.3 is 0 Å². The number of halogens is 1. The molecule has 0 radical (unpaired) electrons. The average Bonchev–Trinajstić information content (AvgIpc) is 3.28. The van der Waals surface area contributed by atoms with Crippen LogP contribution in [-0.2, 0) is 0 Å². The van der Waals surface area contributed by atoms with Crippen molar-refractivity contribution in [2.75, 3.05) is 5.43 Å². The molecule has 0 spiro atoms. The third-order valence-corrected chi connectivity index (χ3v) is 4.75. The highest BCUT2D eigenvalue weighted by atomic mass is 32.1. The quantitative estimate of drug-likeness (QED) is 0.599. The molecule has 0 atom stereocenters. The maximum absolute atomic E-state index is 13.0. The molecule has 1 amide bonds. The molecule has 26 heavy (non-hydrogen) atoms. The van der Waals surface area contributed by atoms with Gasteiger partial charge in [-0.25, -0.2) is 14.1 Å². The van der Waals surface area contributed by atoms with Gasteiger partial charge in [0.1, 0.15) is 22.2 Å². The zero-order valence-corrected chi connectivity index (χ0v) is 14.3. The minimum atomic E-state index is -0.536. The van der Waals surface area contributed by atoms with E-state index in [-0.39, 0.29) is 5.56 Å². The van der Waals surface area contributed by atoms with Gasteiger partial charge in [-0.2, -0.15) is 0 Å². The molecule has 0 aliphatic rings. The van der Waals surface area contributed by atoms with E-state index in [2.05, 4.69) is 10.4 Å². The van der Waals surface area contributed by atoms with Crippen LogP contribution in [0.2, 0.25) is 0 Å². The van der Waals surface area contributed by atoms with Crippen molar-refractivity contribution in [1.82, 2.24) is 9.66 Å². The Morgan fingerprint density at radius 3 is 2.73 bits per heavy atom. The molecule has 1 aromatic carbocycles. The Kier molecular flexibility index (Phi) is 3.89. The number of hydrogen-bond acceptors (Lipinski definition) is 5. The Labute approximate surface area is 150 Å². The van der Waals surface area contributed by atoms with Gasteiger partial charge in [0.2, 0.25) is 0 Å². The molecule has 0 bridgehead atoms. The molecule has 6 nitrogen and oxygen atoms in total. The van der Waals surface area contributed by atoms with Crippen LogP contribution in [0.25, 0.3) is 21.5 Å². The smallest absolute Gasteiger partial charge is 0.281 e. The highest BCUT2D eigenvalue weighted by Crippen LogP contribution is 2.31. The van der Waals surface area contributed by atoms with Crippen LogP contribution < -0.4 is 11.0 Å². The van der Waals surface area contributed by atoms with Crippen LogP contribution >= 0.6 is 11.3 Å². The van der Waals surface area contributed by atoms with Gasteiger partial charge in [0, 0.05) is 16.5 Å². The van der Waals surface area contributed by atoms with E-state index >= 15 is 0 Å². The number of aromatic nitrogens is 2. The summed E-state index contributed by atoms with van der Waals surface area (Å²) in [4.78, 5) is 30.3. The van der Waals surface area contributed by atoms with E-state index in [0.29, 0.717) is 27.4 Å². The van der Waals surface area contributed by atoms with Crippen LogP contribution in [0.4, 0.5) is 4.39 Å². The first-order valence-corrected chi connectivity index (χ1v) is 8.54. The summed E-state index contributed by atoms with van der Waals surface area (Å²) in [5.74, 6) is -0.0910. The molecule has 8 heteroatoms. The molecule has 0 unspecified atom stereocenters. The van der Waals surface area contributed by atoms with Crippen LogP contribution in [-0.4, -0.2) is 15.6 Å². The number of nitrogens with one attached hydrogen (secondary N) is 1. The maximum Gasteiger partial charge on any atom is 0.281 e. The third-order valence-electron chi connectivity index (χ3n) is 3.88. The lowest BCUT2D eigenvalue weighted by Gasteiger charge is -2.11. The van der Waals surface area contributed by atoms with Crippen LogP contribution in [0.3, 0.4) is 0 Å². The Bertz CT molecular complexity index is 1160. The Hall–Kier alpha value is -3.26. The molecule has 4 aromatic rings. The van der Waals surface area contributed by atoms with Crippen molar-refractivity contribution >= 4 is 27.5 Å². The summed E-state index contributed by atoms with van der Waals surface area (Å²) in [7, 11) is 0. The predicted molar refractivity (Wildman–Crippen MR) is 96.4 cm³/mol. The molecular weight excluding hydrogens is 357 g/mol. The summed E-state index contributed by atoms with van der Waals surface area (Å²) in [5.41, 5.74) is 2.97. The van der Waals surface area contributed by atoms with Crippen LogP contribution in [0.1, 0.15) is 16.2 Å². The summed E-state index contributed by atoms with van der Waals surface area (Å²) in [6.45, 7) is 1.62. The van der Waals surface area contributed by atoms with Gasteiger partial charge in [0.25, 0.3) is 11.5 Å². The number of hydrogen-bond donors (Lipinski definition) is 1. The number of carbonyl (C=O) groups is 1. The SMILES string of the molecule is Cc1nc2scc(-c3ccco3)c2c(=O)n1NC(=O)c1ccc(F)cc1. The van der Waals surface area contributed by atoms with Crippen LogP contribution in [0.5, 0.6) is 0 Å². The molecule has 4 rings (SSSR count). The summed E-state index contributed by atoms with van der Waals surface area (Å²) >= 11 is 1.33. The molecule has 0 fully saturated rings. The van der Waals surface area contributed by atoms with E-state index < -0.39 is 17.3 Å². The largest absolute Gasteiger partial charge is 0.464 e. The lowest BCUT2D eigenvalue weighted by molar-refractivity contribution is 0.101. The Balaban J connectivity index is 1.80. The third kappa shape index (κ3) is 2.70. The van der Waals surface area contributed by atoms with Crippen molar-refractivity contribution in [3.8, 4) is 11.3 Å². The molecule has 0 saturated heterocycles. The van der Waals surface area contributed by atoms with E-state index in [1.165, 1.54) is 41.9 Å². The van der Waals surface area contributed by atoms with Crippen molar-refractivity contribution in [2.24, 2.45) is 0 Å².